The van der Waals surface area contributed by atoms with E-state index in [1.165, 1.54) is 0 Å². The van der Waals surface area contributed by atoms with Crippen LogP contribution in [0.15, 0.2) is 54.6 Å². The van der Waals surface area contributed by atoms with Gasteiger partial charge in [-0.2, -0.15) is 0 Å². The highest BCUT2D eigenvalue weighted by atomic mass is 16.5. The van der Waals surface area contributed by atoms with Crippen molar-refractivity contribution in [3.05, 3.63) is 65.7 Å². The fourth-order valence-electron chi connectivity index (χ4n) is 2.05. The molecule has 1 atom stereocenters. The molecule has 0 saturated heterocycles. The molecule has 0 fully saturated rings. The van der Waals surface area contributed by atoms with Crippen LogP contribution in [-0.2, 0) is 11.2 Å². The molecular weight excluding hydrogens is 250 g/mol. The van der Waals surface area contributed by atoms with Gasteiger partial charge in [0.15, 0.2) is 0 Å². The number of carbonyl (C=O) groups excluding carboxylic acids is 1. The molecule has 1 unspecified atom stereocenters. The van der Waals surface area contributed by atoms with E-state index < -0.39 is 0 Å². The van der Waals surface area contributed by atoms with Crippen molar-refractivity contribution in [3.63, 3.8) is 0 Å². The highest BCUT2D eigenvalue weighted by Gasteiger charge is 2.10. The van der Waals surface area contributed by atoms with E-state index in [1.54, 1.807) is 7.11 Å². The Hall–Kier alpha value is -2.29. The Morgan fingerprint density at radius 1 is 1.10 bits per heavy atom. The average Bonchev–Trinajstić information content (AvgIpc) is 2.48. The Balaban J connectivity index is 1.93. The van der Waals surface area contributed by atoms with Gasteiger partial charge in [0.25, 0.3) is 0 Å². The normalized spacial score (nSPS) is 11.7. The van der Waals surface area contributed by atoms with Crippen molar-refractivity contribution >= 4 is 5.91 Å². The molecule has 3 nitrogen and oxygen atoms in total. The lowest BCUT2D eigenvalue weighted by molar-refractivity contribution is -0.121. The summed E-state index contributed by atoms with van der Waals surface area (Å²) in [6.45, 7) is 1.98. The van der Waals surface area contributed by atoms with E-state index in [-0.39, 0.29) is 11.9 Å². The van der Waals surface area contributed by atoms with Crippen LogP contribution in [-0.4, -0.2) is 13.0 Å². The molecule has 0 aromatic heterocycles. The lowest BCUT2D eigenvalue weighted by Crippen LogP contribution is -2.28. The number of amides is 1. The minimum Gasteiger partial charge on any atom is -0.497 e. The Bertz CT molecular complexity index is 549. The second-order valence-corrected chi connectivity index (χ2v) is 4.72. The van der Waals surface area contributed by atoms with Crippen LogP contribution in [0, 0.1) is 0 Å². The Morgan fingerprint density at radius 3 is 2.35 bits per heavy atom. The number of rotatable bonds is 5. The molecule has 0 bridgehead atoms. The third-order valence-corrected chi connectivity index (χ3v) is 3.20. The highest BCUT2D eigenvalue weighted by Crippen LogP contribution is 2.17. The van der Waals surface area contributed by atoms with Gasteiger partial charge in [-0.05, 0) is 30.2 Å². The Labute approximate surface area is 119 Å². The van der Waals surface area contributed by atoms with Crippen LogP contribution < -0.4 is 10.1 Å². The molecule has 2 rings (SSSR count). The zero-order valence-corrected chi connectivity index (χ0v) is 11.8. The maximum atomic E-state index is 12.0. The molecular formula is C17H19NO2. The maximum Gasteiger partial charge on any atom is 0.224 e. The van der Waals surface area contributed by atoms with Crippen LogP contribution in [0.1, 0.15) is 24.1 Å². The van der Waals surface area contributed by atoms with Gasteiger partial charge in [-0.1, -0.05) is 42.5 Å². The molecule has 0 aliphatic heterocycles. The maximum absolute atomic E-state index is 12.0. The summed E-state index contributed by atoms with van der Waals surface area (Å²) in [6.07, 6.45) is 0.404. The summed E-state index contributed by atoms with van der Waals surface area (Å²) in [6, 6.07) is 17.4. The molecule has 0 aliphatic carbocycles. The van der Waals surface area contributed by atoms with Crippen LogP contribution >= 0.6 is 0 Å². The number of hydrogen-bond donors (Lipinski definition) is 1. The summed E-state index contributed by atoms with van der Waals surface area (Å²) >= 11 is 0. The van der Waals surface area contributed by atoms with Crippen molar-refractivity contribution in [2.75, 3.05) is 7.11 Å². The molecule has 1 amide bonds. The molecule has 2 aromatic carbocycles. The van der Waals surface area contributed by atoms with E-state index >= 15 is 0 Å². The summed E-state index contributed by atoms with van der Waals surface area (Å²) in [7, 11) is 1.64. The molecule has 104 valence electrons. The van der Waals surface area contributed by atoms with Gasteiger partial charge < -0.3 is 10.1 Å². The number of methoxy groups -OCH3 is 1. The minimum atomic E-state index is -0.0166. The van der Waals surface area contributed by atoms with E-state index in [2.05, 4.69) is 5.32 Å². The van der Waals surface area contributed by atoms with Crippen LogP contribution in [0.2, 0.25) is 0 Å². The van der Waals surface area contributed by atoms with Gasteiger partial charge in [0, 0.05) is 0 Å². The van der Waals surface area contributed by atoms with E-state index in [4.69, 9.17) is 4.74 Å². The first kappa shape index (κ1) is 14.1. The first-order chi connectivity index (χ1) is 9.69. The van der Waals surface area contributed by atoms with E-state index in [0.717, 1.165) is 16.9 Å². The van der Waals surface area contributed by atoms with Crippen molar-refractivity contribution in [1.82, 2.24) is 5.32 Å². The smallest absolute Gasteiger partial charge is 0.224 e. The largest absolute Gasteiger partial charge is 0.497 e. The van der Waals surface area contributed by atoms with Crippen molar-refractivity contribution < 1.29 is 9.53 Å². The summed E-state index contributed by atoms with van der Waals surface area (Å²) in [4.78, 5) is 12.0. The molecule has 0 heterocycles. The van der Waals surface area contributed by atoms with Gasteiger partial charge in [-0.25, -0.2) is 0 Å². The molecule has 1 N–H and O–H groups in total. The SMILES string of the molecule is COc1ccc(C(C)NC(=O)Cc2ccccc2)cc1. The monoisotopic (exact) mass is 269 g/mol. The second kappa shape index (κ2) is 6.75. The van der Waals surface area contributed by atoms with Gasteiger partial charge in [0.05, 0.1) is 19.6 Å². The lowest BCUT2D eigenvalue weighted by atomic mass is 10.1. The zero-order chi connectivity index (χ0) is 14.4. The molecule has 2 aromatic rings. The van der Waals surface area contributed by atoms with Gasteiger partial charge in [-0.3, -0.25) is 4.79 Å². The number of nitrogens with one attached hydrogen (secondary N) is 1. The highest BCUT2D eigenvalue weighted by molar-refractivity contribution is 5.79. The average molecular weight is 269 g/mol. The van der Waals surface area contributed by atoms with Crippen LogP contribution in [0.25, 0.3) is 0 Å². The van der Waals surface area contributed by atoms with Gasteiger partial charge >= 0.3 is 0 Å². The fraction of sp³-hybridized carbons (Fsp3) is 0.235. The molecule has 0 spiro atoms. The van der Waals surface area contributed by atoms with Crippen LogP contribution in [0.4, 0.5) is 0 Å². The van der Waals surface area contributed by atoms with Crippen molar-refractivity contribution in [2.45, 2.75) is 19.4 Å². The number of ether oxygens (including phenoxy) is 1. The molecule has 3 heteroatoms. The van der Waals surface area contributed by atoms with E-state index in [0.29, 0.717) is 6.42 Å². The van der Waals surface area contributed by atoms with Crippen LogP contribution in [0.3, 0.4) is 0 Å². The minimum absolute atomic E-state index is 0.0166. The van der Waals surface area contributed by atoms with E-state index in [1.807, 2.05) is 61.5 Å². The zero-order valence-electron chi connectivity index (χ0n) is 11.8. The predicted molar refractivity (Wildman–Crippen MR) is 79.7 cm³/mol. The molecule has 0 aliphatic rings. The third kappa shape index (κ3) is 3.85. The van der Waals surface area contributed by atoms with Crippen molar-refractivity contribution in [1.29, 1.82) is 0 Å². The second-order valence-electron chi connectivity index (χ2n) is 4.72. The Morgan fingerprint density at radius 2 is 1.75 bits per heavy atom. The van der Waals surface area contributed by atoms with Gasteiger partial charge in [0.1, 0.15) is 5.75 Å². The van der Waals surface area contributed by atoms with Crippen molar-refractivity contribution in [2.24, 2.45) is 0 Å². The number of benzene rings is 2. The predicted octanol–water partition coefficient (Wildman–Crippen LogP) is 3.12. The Kier molecular flexibility index (Phi) is 4.77. The van der Waals surface area contributed by atoms with Gasteiger partial charge in [-0.15, -0.1) is 0 Å². The molecule has 0 saturated carbocycles. The quantitative estimate of drug-likeness (QED) is 0.905. The lowest BCUT2D eigenvalue weighted by Gasteiger charge is -2.14. The first-order valence-corrected chi connectivity index (χ1v) is 6.66. The molecule has 20 heavy (non-hydrogen) atoms. The summed E-state index contributed by atoms with van der Waals surface area (Å²) in [5.74, 6) is 0.844. The van der Waals surface area contributed by atoms with Gasteiger partial charge in [0.2, 0.25) is 5.91 Å². The topological polar surface area (TPSA) is 38.3 Å². The van der Waals surface area contributed by atoms with E-state index in [9.17, 15) is 4.79 Å². The first-order valence-electron chi connectivity index (χ1n) is 6.66. The molecule has 0 radical (unpaired) electrons. The number of hydrogen-bond acceptors (Lipinski definition) is 2. The number of carbonyl (C=O) groups is 1. The summed E-state index contributed by atoms with van der Waals surface area (Å²) in [5.41, 5.74) is 2.08. The van der Waals surface area contributed by atoms with Crippen molar-refractivity contribution in [3.8, 4) is 5.75 Å². The summed E-state index contributed by atoms with van der Waals surface area (Å²) in [5, 5.41) is 3.00. The fourth-order valence-corrected chi connectivity index (χ4v) is 2.05. The summed E-state index contributed by atoms with van der Waals surface area (Å²) < 4.78 is 5.12. The van der Waals surface area contributed by atoms with Crippen LogP contribution in [0.5, 0.6) is 5.75 Å². The standard InChI is InChI=1S/C17H19NO2/c1-13(15-8-10-16(20-2)11-9-15)18-17(19)12-14-6-4-3-5-7-14/h3-11,13H,12H2,1-2H3,(H,18,19). The third-order valence-electron chi connectivity index (χ3n) is 3.20.